The molecule has 0 aliphatic heterocycles. The molecule has 2 spiro atoms. The van der Waals surface area contributed by atoms with Gasteiger partial charge in [-0.3, -0.25) is 0 Å². The summed E-state index contributed by atoms with van der Waals surface area (Å²) in [5.74, 6) is 1.89. The first-order chi connectivity index (χ1) is 12.5. The van der Waals surface area contributed by atoms with Gasteiger partial charge in [-0.2, -0.15) is 0 Å². The lowest BCUT2D eigenvalue weighted by Crippen LogP contribution is -2.66. The van der Waals surface area contributed by atoms with Crippen LogP contribution in [0.25, 0.3) is 0 Å². The summed E-state index contributed by atoms with van der Waals surface area (Å²) in [6, 6.07) is 0. The lowest BCUT2D eigenvalue weighted by atomic mass is 9.43. The molecule has 3 fully saturated rings. The maximum atomic E-state index is 7.19. The Kier molecular flexibility index (Phi) is 7.32. The Morgan fingerprint density at radius 2 is 1.04 bits per heavy atom. The van der Waals surface area contributed by atoms with Crippen LogP contribution in [0.15, 0.2) is 0 Å². The molecule has 0 bridgehead atoms. The van der Waals surface area contributed by atoms with E-state index >= 15 is 0 Å². The fourth-order valence-corrected chi connectivity index (χ4v) is 7.73. The van der Waals surface area contributed by atoms with Gasteiger partial charge >= 0.3 is 0 Å². The van der Waals surface area contributed by atoms with Crippen LogP contribution in [-0.2, 0) is 0 Å². The summed E-state index contributed by atoms with van der Waals surface area (Å²) in [6.07, 6.45) is 23.2. The standard InChI is InChI=1S/C24H42Cl2/c1-3-5-7-9-20-11-15-22(16-12-20)19-23(24(22,25)26)17-13-21(14-18-23)10-8-6-4-2/h20-21H,3-19H2,1-2H3/t20?,21?,22-,23-. The van der Waals surface area contributed by atoms with E-state index in [1.807, 2.05) is 0 Å². The Morgan fingerprint density at radius 3 is 1.35 bits per heavy atom. The molecule has 3 rings (SSSR count). The molecule has 3 saturated carbocycles. The largest absolute Gasteiger partial charge is 0.129 e. The van der Waals surface area contributed by atoms with Gasteiger partial charge in [-0.1, -0.05) is 65.2 Å². The van der Waals surface area contributed by atoms with E-state index in [0.717, 1.165) is 11.8 Å². The normalized spacial score (nSPS) is 39.2. The molecule has 2 heteroatoms. The molecule has 0 aromatic rings. The van der Waals surface area contributed by atoms with Crippen molar-refractivity contribution in [3.05, 3.63) is 0 Å². The summed E-state index contributed by atoms with van der Waals surface area (Å²) in [5.41, 5.74) is 0.513. The number of alkyl halides is 2. The molecule has 0 amide bonds. The summed E-state index contributed by atoms with van der Waals surface area (Å²) < 4.78 is -0.442. The molecule has 26 heavy (non-hydrogen) atoms. The van der Waals surface area contributed by atoms with Crippen molar-refractivity contribution in [3.63, 3.8) is 0 Å². The summed E-state index contributed by atoms with van der Waals surface area (Å²) >= 11 is 14.4. The SMILES string of the molecule is CCCCCC1CC[C@]2(CC1)C[C@@]1(CCC(CCCCC)CC1)C2(Cl)Cl. The number of hydrogen-bond acceptors (Lipinski definition) is 0. The first-order valence-corrected chi connectivity index (χ1v) is 12.6. The highest BCUT2D eigenvalue weighted by Gasteiger charge is 2.72. The molecule has 152 valence electrons. The lowest BCUT2D eigenvalue weighted by molar-refractivity contribution is -0.115. The second-order valence-electron chi connectivity index (χ2n) is 10.2. The van der Waals surface area contributed by atoms with Crippen LogP contribution in [0.2, 0.25) is 0 Å². The van der Waals surface area contributed by atoms with Crippen molar-refractivity contribution in [2.75, 3.05) is 0 Å². The van der Waals surface area contributed by atoms with E-state index in [2.05, 4.69) is 13.8 Å². The van der Waals surface area contributed by atoms with Crippen molar-refractivity contribution < 1.29 is 0 Å². The number of halogens is 2. The van der Waals surface area contributed by atoms with Crippen LogP contribution >= 0.6 is 23.2 Å². The summed E-state index contributed by atoms with van der Waals surface area (Å²) in [6.45, 7) is 4.61. The number of hydrogen-bond donors (Lipinski definition) is 0. The molecule has 0 radical (unpaired) electrons. The molecule has 0 unspecified atom stereocenters. The Bertz CT molecular complexity index is 387. The average molecular weight is 402 g/mol. The van der Waals surface area contributed by atoms with Gasteiger partial charge in [-0.05, 0) is 69.6 Å². The summed E-state index contributed by atoms with van der Waals surface area (Å²) in [5, 5.41) is 0. The highest BCUT2D eigenvalue weighted by Crippen LogP contribution is 2.76. The van der Waals surface area contributed by atoms with E-state index in [9.17, 15) is 0 Å². The Labute approximate surface area is 173 Å². The predicted octanol–water partition coefficient (Wildman–Crippen LogP) is 9.08. The van der Waals surface area contributed by atoms with Gasteiger partial charge in [-0.15, -0.1) is 23.2 Å². The smallest absolute Gasteiger partial charge is 0.100 e. The van der Waals surface area contributed by atoms with Gasteiger partial charge < -0.3 is 0 Å². The third kappa shape index (κ3) is 3.98. The summed E-state index contributed by atoms with van der Waals surface area (Å²) in [4.78, 5) is 0. The maximum absolute atomic E-state index is 7.19. The van der Waals surface area contributed by atoms with Crippen molar-refractivity contribution in [3.8, 4) is 0 Å². The molecule has 0 N–H and O–H groups in total. The van der Waals surface area contributed by atoms with Gasteiger partial charge in [0.25, 0.3) is 0 Å². The number of rotatable bonds is 8. The van der Waals surface area contributed by atoms with Crippen molar-refractivity contribution in [2.45, 2.75) is 127 Å². The molecule has 0 heterocycles. The fourth-order valence-electron chi connectivity index (χ4n) is 6.71. The highest BCUT2D eigenvalue weighted by atomic mass is 35.5. The minimum Gasteiger partial charge on any atom is -0.100 e. The molecule has 3 aliphatic carbocycles. The van der Waals surface area contributed by atoms with Gasteiger partial charge in [0.15, 0.2) is 0 Å². The Balaban J connectivity index is 1.48. The second kappa shape index (κ2) is 8.94. The van der Waals surface area contributed by atoms with Gasteiger partial charge in [0.05, 0.1) is 0 Å². The first-order valence-electron chi connectivity index (χ1n) is 11.9. The van der Waals surface area contributed by atoms with Crippen molar-refractivity contribution >= 4 is 23.2 Å². The van der Waals surface area contributed by atoms with E-state index in [1.54, 1.807) is 0 Å². The second-order valence-corrected chi connectivity index (χ2v) is 11.5. The van der Waals surface area contributed by atoms with Gasteiger partial charge in [0, 0.05) is 10.8 Å². The van der Waals surface area contributed by atoms with E-state index in [-0.39, 0.29) is 10.8 Å². The van der Waals surface area contributed by atoms with Crippen LogP contribution in [0.3, 0.4) is 0 Å². The van der Waals surface area contributed by atoms with E-state index in [0.29, 0.717) is 0 Å². The molecule has 3 aliphatic rings. The summed E-state index contributed by atoms with van der Waals surface area (Å²) in [7, 11) is 0. The van der Waals surface area contributed by atoms with Crippen molar-refractivity contribution in [1.82, 2.24) is 0 Å². The minimum absolute atomic E-state index is 0.256. The van der Waals surface area contributed by atoms with Crippen molar-refractivity contribution in [1.29, 1.82) is 0 Å². The maximum Gasteiger partial charge on any atom is 0.129 e. The average Bonchev–Trinajstić information content (AvgIpc) is 2.65. The van der Waals surface area contributed by atoms with E-state index in [1.165, 1.54) is 109 Å². The molecule has 0 saturated heterocycles. The zero-order valence-corrected chi connectivity index (χ0v) is 18.9. The zero-order chi connectivity index (χ0) is 18.7. The van der Waals surface area contributed by atoms with Crippen LogP contribution in [0.1, 0.15) is 123 Å². The topological polar surface area (TPSA) is 0 Å². The number of unbranched alkanes of at least 4 members (excludes halogenated alkanes) is 4. The van der Waals surface area contributed by atoms with Gasteiger partial charge in [-0.25, -0.2) is 0 Å². The lowest BCUT2D eigenvalue weighted by Gasteiger charge is -2.69. The van der Waals surface area contributed by atoms with Crippen molar-refractivity contribution in [2.24, 2.45) is 22.7 Å². The van der Waals surface area contributed by atoms with Gasteiger partial charge in [0.2, 0.25) is 0 Å². The van der Waals surface area contributed by atoms with E-state index in [4.69, 9.17) is 23.2 Å². The fraction of sp³-hybridized carbons (Fsp3) is 1.00. The first kappa shape index (κ1) is 21.3. The molecule has 0 atom stereocenters. The quantitative estimate of drug-likeness (QED) is 0.281. The molecule has 0 aromatic heterocycles. The van der Waals surface area contributed by atoms with Crippen LogP contribution in [0.4, 0.5) is 0 Å². The van der Waals surface area contributed by atoms with Crippen LogP contribution in [0, 0.1) is 22.7 Å². The molecular weight excluding hydrogens is 359 g/mol. The van der Waals surface area contributed by atoms with Crippen LogP contribution in [0.5, 0.6) is 0 Å². The monoisotopic (exact) mass is 400 g/mol. The van der Waals surface area contributed by atoms with E-state index < -0.39 is 4.33 Å². The highest BCUT2D eigenvalue weighted by molar-refractivity contribution is 6.50. The van der Waals surface area contributed by atoms with Crippen LogP contribution in [-0.4, -0.2) is 4.33 Å². The minimum atomic E-state index is -0.442. The third-order valence-electron chi connectivity index (χ3n) is 8.57. The Morgan fingerprint density at radius 1 is 0.654 bits per heavy atom. The predicted molar refractivity (Wildman–Crippen MR) is 116 cm³/mol. The van der Waals surface area contributed by atoms with Gasteiger partial charge in [0.1, 0.15) is 4.33 Å². The Hall–Kier alpha value is 0.580. The zero-order valence-electron chi connectivity index (χ0n) is 17.4. The molecular formula is C24H42Cl2. The molecule has 0 aromatic carbocycles. The van der Waals surface area contributed by atoms with Crippen LogP contribution < -0.4 is 0 Å². The third-order valence-corrected chi connectivity index (χ3v) is 10.2. The molecule has 0 nitrogen and oxygen atoms in total.